The minimum atomic E-state index is -3.63. The first-order chi connectivity index (χ1) is 14.0. The third-order valence-electron chi connectivity index (χ3n) is 5.37. The lowest BCUT2D eigenvalue weighted by molar-refractivity contribution is -0.120. The number of carbonyl (C=O) groups is 1. The Labute approximate surface area is 176 Å². The van der Waals surface area contributed by atoms with Crippen molar-refractivity contribution >= 4 is 21.6 Å². The monoisotopic (exact) mass is 436 g/mol. The second-order valence-electron chi connectivity index (χ2n) is 8.57. The summed E-state index contributed by atoms with van der Waals surface area (Å²) in [4.78, 5) is 12.7. The maximum Gasteiger partial charge on any atom is 0.243 e. The lowest BCUT2D eigenvalue weighted by Gasteiger charge is -2.30. The van der Waals surface area contributed by atoms with E-state index < -0.39 is 27.6 Å². The van der Waals surface area contributed by atoms with Gasteiger partial charge in [0.1, 0.15) is 0 Å². The zero-order valence-corrected chi connectivity index (χ0v) is 18.1. The summed E-state index contributed by atoms with van der Waals surface area (Å²) >= 11 is 0. The van der Waals surface area contributed by atoms with Gasteiger partial charge in [-0.05, 0) is 48.1 Å². The first kappa shape index (κ1) is 22.4. The quantitative estimate of drug-likeness (QED) is 0.777. The molecule has 1 aliphatic rings. The Morgan fingerprint density at radius 1 is 1.00 bits per heavy atom. The smallest absolute Gasteiger partial charge is 0.243 e. The number of rotatable bonds is 4. The van der Waals surface area contributed by atoms with Crippen LogP contribution in [-0.2, 0) is 20.2 Å². The zero-order valence-electron chi connectivity index (χ0n) is 17.3. The molecule has 3 rings (SSSR count). The predicted molar refractivity (Wildman–Crippen MR) is 112 cm³/mol. The van der Waals surface area contributed by atoms with E-state index in [1.54, 1.807) is 12.1 Å². The number of sulfonamides is 1. The molecule has 162 valence electrons. The maximum absolute atomic E-state index is 13.3. The molecule has 1 N–H and O–H groups in total. The summed E-state index contributed by atoms with van der Waals surface area (Å²) in [5, 5.41) is 2.57. The second kappa shape index (κ2) is 8.43. The van der Waals surface area contributed by atoms with Crippen LogP contribution in [0.15, 0.2) is 47.4 Å². The molecule has 5 nitrogen and oxygen atoms in total. The molecule has 0 aromatic heterocycles. The van der Waals surface area contributed by atoms with Crippen molar-refractivity contribution in [3.8, 4) is 0 Å². The fourth-order valence-electron chi connectivity index (χ4n) is 3.45. The highest BCUT2D eigenvalue weighted by molar-refractivity contribution is 7.89. The number of nitrogens with one attached hydrogen (secondary N) is 1. The molecular weight excluding hydrogens is 410 g/mol. The van der Waals surface area contributed by atoms with Gasteiger partial charge in [-0.2, -0.15) is 4.31 Å². The Bertz CT molecular complexity index is 1020. The van der Waals surface area contributed by atoms with E-state index in [4.69, 9.17) is 0 Å². The minimum absolute atomic E-state index is 0.0680. The van der Waals surface area contributed by atoms with Gasteiger partial charge in [0.2, 0.25) is 15.9 Å². The van der Waals surface area contributed by atoms with Gasteiger partial charge in [0.25, 0.3) is 0 Å². The molecule has 1 amide bonds. The van der Waals surface area contributed by atoms with E-state index in [2.05, 4.69) is 26.1 Å². The number of benzene rings is 2. The van der Waals surface area contributed by atoms with Gasteiger partial charge in [0.05, 0.1) is 4.90 Å². The van der Waals surface area contributed by atoms with Crippen LogP contribution in [-0.4, -0.2) is 31.7 Å². The van der Waals surface area contributed by atoms with Gasteiger partial charge >= 0.3 is 0 Å². The summed E-state index contributed by atoms with van der Waals surface area (Å²) in [6.45, 7) is 6.63. The van der Waals surface area contributed by atoms with E-state index in [9.17, 15) is 22.0 Å². The molecule has 0 saturated carbocycles. The van der Waals surface area contributed by atoms with Crippen LogP contribution in [0.25, 0.3) is 0 Å². The Morgan fingerprint density at radius 3 is 2.13 bits per heavy atom. The number of halogens is 2. The molecule has 1 fully saturated rings. The fourth-order valence-corrected chi connectivity index (χ4v) is 4.92. The van der Waals surface area contributed by atoms with E-state index in [0.29, 0.717) is 12.8 Å². The lowest BCUT2D eigenvalue weighted by atomic mass is 9.87. The molecule has 0 radical (unpaired) electrons. The number of hydrogen-bond acceptors (Lipinski definition) is 3. The van der Waals surface area contributed by atoms with Crippen molar-refractivity contribution in [2.75, 3.05) is 18.4 Å². The third kappa shape index (κ3) is 4.87. The summed E-state index contributed by atoms with van der Waals surface area (Å²) in [5.74, 6) is -2.74. The number of piperidine rings is 1. The van der Waals surface area contributed by atoms with E-state index >= 15 is 0 Å². The molecule has 30 heavy (non-hydrogen) atoms. The number of nitrogens with zero attached hydrogens (tertiary/aromatic N) is 1. The predicted octanol–water partition coefficient (Wildman–Crippen LogP) is 4.30. The van der Waals surface area contributed by atoms with Crippen LogP contribution in [0.4, 0.5) is 14.5 Å². The van der Waals surface area contributed by atoms with Crippen molar-refractivity contribution < 1.29 is 22.0 Å². The van der Waals surface area contributed by atoms with Crippen LogP contribution in [0.1, 0.15) is 39.2 Å². The first-order valence-electron chi connectivity index (χ1n) is 9.85. The summed E-state index contributed by atoms with van der Waals surface area (Å²) in [6, 6.07) is 10.1. The number of anilines is 1. The maximum atomic E-state index is 13.3. The first-order valence-corrected chi connectivity index (χ1v) is 11.3. The largest absolute Gasteiger partial charge is 0.326 e. The van der Waals surface area contributed by atoms with Gasteiger partial charge in [0, 0.05) is 30.8 Å². The van der Waals surface area contributed by atoms with Crippen LogP contribution in [0.5, 0.6) is 0 Å². The summed E-state index contributed by atoms with van der Waals surface area (Å²) in [5.41, 5.74) is 1.16. The average molecular weight is 437 g/mol. The highest BCUT2D eigenvalue weighted by Gasteiger charge is 2.32. The number of amides is 1. The van der Waals surface area contributed by atoms with Crippen LogP contribution in [0, 0.1) is 17.6 Å². The van der Waals surface area contributed by atoms with Crippen LogP contribution < -0.4 is 5.32 Å². The molecule has 1 saturated heterocycles. The van der Waals surface area contributed by atoms with E-state index in [-0.39, 0.29) is 35.0 Å². The Kier molecular flexibility index (Phi) is 6.29. The van der Waals surface area contributed by atoms with Crippen LogP contribution in [0.3, 0.4) is 0 Å². The molecule has 8 heteroatoms. The van der Waals surface area contributed by atoms with Crippen molar-refractivity contribution in [1.82, 2.24) is 4.31 Å². The van der Waals surface area contributed by atoms with Crippen molar-refractivity contribution in [3.05, 3.63) is 59.7 Å². The summed E-state index contributed by atoms with van der Waals surface area (Å²) in [7, 11) is -3.63. The van der Waals surface area contributed by atoms with E-state index in [0.717, 1.165) is 17.7 Å². The molecular formula is C22H26F2N2O3S. The fraction of sp³-hybridized carbons (Fsp3) is 0.409. The van der Waals surface area contributed by atoms with Gasteiger partial charge in [-0.1, -0.05) is 32.9 Å². The molecule has 2 aromatic rings. The van der Waals surface area contributed by atoms with Crippen molar-refractivity contribution in [2.24, 2.45) is 5.92 Å². The Hall–Kier alpha value is -2.32. The highest BCUT2D eigenvalue weighted by atomic mass is 32.2. The Morgan fingerprint density at radius 2 is 1.60 bits per heavy atom. The normalized spacial score (nSPS) is 16.4. The molecule has 1 aliphatic heterocycles. The van der Waals surface area contributed by atoms with Gasteiger partial charge in [0.15, 0.2) is 11.6 Å². The van der Waals surface area contributed by atoms with Crippen molar-refractivity contribution in [3.63, 3.8) is 0 Å². The molecule has 0 atom stereocenters. The van der Waals surface area contributed by atoms with Crippen molar-refractivity contribution in [1.29, 1.82) is 0 Å². The minimum Gasteiger partial charge on any atom is -0.326 e. The van der Waals surface area contributed by atoms with E-state index in [1.165, 1.54) is 10.4 Å². The van der Waals surface area contributed by atoms with Gasteiger partial charge in [-0.15, -0.1) is 0 Å². The molecule has 0 spiro atoms. The topological polar surface area (TPSA) is 66.5 Å². The van der Waals surface area contributed by atoms with Crippen LogP contribution >= 0.6 is 0 Å². The summed E-state index contributed by atoms with van der Waals surface area (Å²) < 4.78 is 53.6. The van der Waals surface area contributed by atoms with E-state index in [1.807, 2.05) is 12.1 Å². The highest BCUT2D eigenvalue weighted by Crippen LogP contribution is 2.27. The SMILES string of the molecule is CC(C)(C)c1ccc(S(=O)(=O)N2CCC(C(=O)Nc3ccc(F)c(F)c3)CC2)cc1. The molecule has 0 unspecified atom stereocenters. The standard InChI is InChI=1S/C22H26F2N2O3S/c1-22(2,3)16-4-7-18(8-5-16)30(28,29)26-12-10-15(11-13-26)21(27)25-17-6-9-19(23)20(24)14-17/h4-9,14-15H,10-13H2,1-3H3,(H,25,27). The van der Waals surface area contributed by atoms with Gasteiger partial charge in [-0.25, -0.2) is 17.2 Å². The van der Waals surface area contributed by atoms with Crippen molar-refractivity contribution in [2.45, 2.75) is 43.9 Å². The molecule has 1 heterocycles. The van der Waals surface area contributed by atoms with Gasteiger partial charge < -0.3 is 5.32 Å². The zero-order chi connectivity index (χ0) is 22.1. The average Bonchev–Trinajstić information content (AvgIpc) is 2.70. The number of carbonyl (C=O) groups excluding carboxylic acids is 1. The molecule has 2 aromatic carbocycles. The Balaban J connectivity index is 1.62. The van der Waals surface area contributed by atoms with Crippen LogP contribution in [0.2, 0.25) is 0 Å². The van der Waals surface area contributed by atoms with Gasteiger partial charge in [-0.3, -0.25) is 4.79 Å². The second-order valence-corrected chi connectivity index (χ2v) is 10.5. The molecule has 0 aliphatic carbocycles. The molecule has 0 bridgehead atoms. The third-order valence-corrected chi connectivity index (χ3v) is 7.28. The summed E-state index contributed by atoms with van der Waals surface area (Å²) in [6.07, 6.45) is 0.712. The lowest BCUT2D eigenvalue weighted by Crippen LogP contribution is -2.41. The number of hydrogen-bond donors (Lipinski definition) is 1.